The van der Waals surface area contributed by atoms with Gasteiger partial charge in [-0.05, 0) is 29.3 Å². The molecule has 0 saturated heterocycles. The SMILES string of the molecule is O=C1/C(=C/c2ccc(OCS)cc2)Cc2ccccc21. The van der Waals surface area contributed by atoms with Crippen LogP contribution in [0, 0.1) is 0 Å². The van der Waals surface area contributed by atoms with Crippen LogP contribution in [0.3, 0.4) is 0 Å². The molecule has 0 atom stereocenters. The number of carbonyl (C=O) groups excluding carboxylic acids is 1. The smallest absolute Gasteiger partial charge is 0.189 e. The quantitative estimate of drug-likeness (QED) is 0.527. The second-order valence-corrected chi connectivity index (χ2v) is 4.93. The summed E-state index contributed by atoms with van der Waals surface area (Å²) in [4.78, 5) is 12.3. The van der Waals surface area contributed by atoms with Gasteiger partial charge in [-0.1, -0.05) is 36.4 Å². The monoisotopic (exact) mass is 282 g/mol. The molecule has 3 rings (SSSR count). The lowest BCUT2D eigenvalue weighted by Crippen LogP contribution is -1.95. The Balaban J connectivity index is 1.85. The molecule has 0 N–H and O–H groups in total. The van der Waals surface area contributed by atoms with Crippen molar-refractivity contribution in [2.45, 2.75) is 6.42 Å². The summed E-state index contributed by atoms with van der Waals surface area (Å²) in [5.74, 6) is 1.27. The Morgan fingerprint density at radius 2 is 1.85 bits per heavy atom. The van der Waals surface area contributed by atoms with Crippen LogP contribution in [0.2, 0.25) is 0 Å². The van der Waals surface area contributed by atoms with Crippen molar-refractivity contribution >= 4 is 24.5 Å². The third-order valence-electron chi connectivity index (χ3n) is 3.39. The molecule has 20 heavy (non-hydrogen) atoms. The fraction of sp³-hybridized carbons (Fsp3) is 0.118. The Bertz CT molecular complexity index is 672. The molecule has 0 spiro atoms. The third-order valence-corrected chi connectivity index (χ3v) is 3.52. The fourth-order valence-electron chi connectivity index (χ4n) is 2.41. The zero-order valence-corrected chi connectivity index (χ0v) is 11.8. The molecule has 0 amide bonds. The van der Waals surface area contributed by atoms with Gasteiger partial charge in [0.2, 0.25) is 0 Å². The predicted molar refractivity (Wildman–Crippen MR) is 83.4 cm³/mol. The summed E-state index contributed by atoms with van der Waals surface area (Å²) in [5, 5.41) is 0. The number of carbonyl (C=O) groups is 1. The minimum atomic E-state index is 0.135. The van der Waals surface area contributed by atoms with E-state index in [4.69, 9.17) is 4.74 Å². The number of allylic oxidation sites excluding steroid dienone is 1. The molecule has 0 heterocycles. The number of Topliss-reactive ketones (excluding diaryl/α,β-unsaturated/α-hetero) is 1. The van der Waals surface area contributed by atoms with Crippen molar-refractivity contribution in [1.29, 1.82) is 0 Å². The van der Waals surface area contributed by atoms with E-state index in [1.807, 2.05) is 54.6 Å². The Labute approximate surface area is 123 Å². The van der Waals surface area contributed by atoms with Gasteiger partial charge in [-0.2, -0.15) is 0 Å². The van der Waals surface area contributed by atoms with Gasteiger partial charge in [0, 0.05) is 17.6 Å². The second-order valence-electron chi connectivity index (χ2n) is 4.68. The largest absolute Gasteiger partial charge is 0.483 e. The molecule has 0 radical (unpaired) electrons. The van der Waals surface area contributed by atoms with Crippen LogP contribution in [0.5, 0.6) is 5.75 Å². The average molecular weight is 282 g/mol. The van der Waals surface area contributed by atoms with Gasteiger partial charge in [-0.3, -0.25) is 4.79 Å². The molecule has 0 bridgehead atoms. The van der Waals surface area contributed by atoms with Crippen LogP contribution in [0.4, 0.5) is 0 Å². The summed E-state index contributed by atoms with van der Waals surface area (Å²) in [6.07, 6.45) is 2.66. The van der Waals surface area contributed by atoms with Crippen molar-refractivity contribution in [3.05, 3.63) is 70.8 Å². The number of ketones is 1. The summed E-state index contributed by atoms with van der Waals surface area (Å²) in [5.41, 5.74) is 3.79. The van der Waals surface area contributed by atoms with E-state index in [1.54, 1.807) is 0 Å². The van der Waals surface area contributed by atoms with Gasteiger partial charge in [-0.15, -0.1) is 12.6 Å². The lowest BCUT2D eigenvalue weighted by molar-refractivity contribution is 0.104. The Kier molecular flexibility index (Phi) is 3.61. The molecule has 2 aromatic rings. The van der Waals surface area contributed by atoms with Crippen LogP contribution in [0.25, 0.3) is 6.08 Å². The molecular weight excluding hydrogens is 268 g/mol. The molecule has 1 aliphatic carbocycles. The number of ether oxygens (including phenoxy) is 1. The lowest BCUT2D eigenvalue weighted by atomic mass is 10.1. The summed E-state index contributed by atoms with van der Waals surface area (Å²) >= 11 is 4.01. The molecule has 0 unspecified atom stereocenters. The highest BCUT2D eigenvalue weighted by Gasteiger charge is 2.23. The van der Waals surface area contributed by atoms with Crippen molar-refractivity contribution in [1.82, 2.24) is 0 Å². The summed E-state index contributed by atoms with van der Waals surface area (Å²) < 4.78 is 5.28. The van der Waals surface area contributed by atoms with Gasteiger partial charge in [0.15, 0.2) is 5.78 Å². The normalized spacial score (nSPS) is 15.4. The fourth-order valence-corrected chi connectivity index (χ4v) is 2.56. The molecule has 3 heteroatoms. The van der Waals surface area contributed by atoms with Gasteiger partial charge >= 0.3 is 0 Å². The molecule has 1 aliphatic rings. The van der Waals surface area contributed by atoms with E-state index in [1.165, 1.54) is 0 Å². The maximum absolute atomic E-state index is 12.3. The molecule has 0 aromatic heterocycles. The van der Waals surface area contributed by atoms with Gasteiger partial charge < -0.3 is 4.74 Å². The standard InChI is InChI=1S/C17H14O2S/c18-17-14(10-13-3-1-2-4-16(13)17)9-12-5-7-15(8-6-12)19-11-20/h1-9,20H,10-11H2/b14-9+. The van der Waals surface area contributed by atoms with Gasteiger partial charge in [0.1, 0.15) is 11.7 Å². The molecule has 0 fully saturated rings. The Morgan fingerprint density at radius 1 is 1.10 bits per heavy atom. The van der Waals surface area contributed by atoms with Gasteiger partial charge in [-0.25, -0.2) is 0 Å². The Hall–Kier alpha value is -2.00. The van der Waals surface area contributed by atoms with Gasteiger partial charge in [0.05, 0.1) is 0 Å². The van der Waals surface area contributed by atoms with Crippen LogP contribution in [0.1, 0.15) is 21.5 Å². The summed E-state index contributed by atoms with van der Waals surface area (Å²) in [6.45, 7) is 0. The van der Waals surface area contributed by atoms with Gasteiger partial charge in [0.25, 0.3) is 0 Å². The van der Waals surface area contributed by atoms with E-state index in [-0.39, 0.29) is 5.78 Å². The average Bonchev–Trinajstić information content (AvgIpc) is 2.79. The number of fused-ring (bicyclic) bond motifs is 1. The number of hydrogen-bond donors (Lipinski definition) is 1. The first kappa shape index (κ1) is 13.0. The molecule has 0 saturated carbocycles. The van der Waals surface area contributed by atoms with E-state index in [0.717, 1.165) is 28.0 Å². The predicted octanol–water partition coefficient (Wildman–Crippen LogP) is 3.78. The second kappa shape index (κ2) is 5.55. The zero-order valence-electron chi connectivity index (χ0n) is 10.9. The first-order valence-electron chi connectivity index (χ1n) is 6.45. The van der Waals surface area contributed by atoms with Crippen molar-refractivity contribution in [3.63, 3.8) is 0 Å². The van der Waals surface area contributed by atoms with Crippen LogP contribution in [0.15, 0.2) is 54.1 Å². The highest BCUT2D eigenvalue weighted by atomic mass is 32.1. The van der Waals surface area contributed by atoms with E-state index in [0.29, 0.717) is 12.4 Å². The van der Waals surface area contributed by atoms with Crippen molar-refractivity contribution in [3.8, 4) is 5.75 Å². The minimum absolute atomic E-state index is 0.135. The molecular formula is C17H14O2S. The minimum Gasteiger partial charge on any atom is -0.483 e. The molecule has 0 aliphatic heterocycles. The summed E-state index contributed by atoms with van der Waals surface area (Å²) in [6, 6.07) is 15.4. The number of benzene rings is 2. The van der Waals surface area contributed by atoms with Crippen molar-refractivity contribution < 1.29 is 9.53 Å². The van der Waals surface area contributed by atoms with Crippen LogP contribution < -0.4 is 4.74 Å². The molecule has 2 nitrogen and oxygen atoms in total. The number of rotatable bonds is 3. The first-order valence-corrected chi connectivity index (χ1v) is 7.08. The first-order chi connectivity index (χ1) is 9.78. The highest BCUT2D eigenvalue weighted by molar-refractivity contribution is 7.80. The Morgan fingerprint density at radius 3 is 2.55 bits per heavy atom. The molecule has 100 valence electrons. The van der Waals surface area contributed by atoms with Crippen molar-refractivity contribution in [2.75, 3.05) is 5.94 Å². The topological polar surface area (TPSA) is 26.3 Å². The zero-order chi connectivity index (χ0) is 13.9. The third kappa shape index (κ3) is 2.49. The van der Waals surface area contributed by atoms with Crippen molar-refractivity contribution in [2.24, 2.45) is 0 Å². The van der Waals surface area contributed by atoms with E-state index in [9.17, 15) is 4.79 Å². The van der Waals surface area contributed by atoms with Crippen LogP contribution in [-0.4, -0.2) is 11.7 Å². The maximum Gasteiger partial charge on any atom is 0.189 e. The highest BCUT2D eigenvalue weighted by Crippen LogP contribution is 2.27. The van der Waals surface area contributed by atoms with Crippen LogP contribution in [-0.2, 0) is 6.42 Å². The van der Waals surface area contributed by atoms with Crippen LogP contribution >= 0.6 is 12.6 Å². The number of thiol groups is 1. The number of hydrogen-bond acceptors (Lipinski definition) is 3. The lowest BCUT2D eigenvalue weighted by Gasteiger charge is -2.02. The van der Waals surface area contributed by atoms with E-state index < -0.39 is 0 Å². The van der Waals surface area contributed by atoms with E-state index >= 15 is 0 Å². The maximum atomic E-state index is 12.3. The van der Waals surface area contributed by atoms with E-state index in [2.05, 4.69) is 12.6 Å². The molecule has 2 aromatic carbocycles. The summed E-state index contributed by atoms with van der Waals surface area (Å²) in [7, 11) is 0.